The van der Waals surface area contributed by atoms with E-state index in [4.69, 9.17) is 5.11 Å². The van der Waals surface area contributed by atoms with Crippen LogP contribution in [-0.4, -0.2) is 23.2 Å². The molecule has 0 fully saturated rings. The third-order valence-electron chi connectivity index (χ3n) is 3.21. The molecule has 1 aromatic heterocycles. The van der Waals surface area contributed by atoms with Gasteiger partial charge >= 0.3 is 0 Å². The Morgan fingerprint density at radius 3 is 2.67 bits per heavy atom. The Bertz CT molecular complexity index is 339. The van der Waals surface area contributed by atoms with Gasteiger partial charge in [-0.25, -0.2) is 0 Å². The number of aliphatic hydroxyl groups is 1. The zero-order chi connectivity index (χ0) is 13.4. The lowest BCUT2D eigenvalue weighted by molar-refractivity contribution is 0.281. The molecule has 3 heteroatoms. The van der Waals surface area contributed by atoms with Crippen molar-refractivity contribution in [2.75, 3.05) is 13.2 Å². The third-order valence-corrected chi connectivity index (χ3v) is 3.21. The number of nitrogens with zero attached hydrogens (tertiary/aromatic N) is 1. The van der Waals surface area contributed by atoms with E-state index in [1.807, 2.05) is 12.3 Å². The molecule has 0 saturated heterocycles. The highest BCUT2D eigenvalue weighted by atomic mass is 16.2. The van der Waals surface area contributed by atoms with Crippen molar-refractivity contribution in [3.05, 3.63) is 29.6 Å². The number of pyridine rings is 1. The monoisotopic (exact) mass is 250 g/mol. The fourth-order valence-electron chi connectivity index (χ4n) is 2.14. The molecule has 1 atom stereocenters. The third kappa shape index (κ3) is 4.75. The molecular formula is C15H26N2O. The minimum absolute atomic E-state index is 0.299. The Labute approximate surface area is 111 Å². The standard InChI is InChI=1S/C15H26N2O/c1-12(2)14(16-9-5-4-6-11-18)15-13(3)8-7-10-17-15/h7-8,10,12,14,16,18H,4-6,9,11H2,1-3H3. The van der Waals surface area contributed by atoms with Crippen molar-refractivity contribution in [3.8, 4) is 0 Å². The molecule has 1 unspecified atom stereocenters. The van der Waals surface area contributed by atoms with Crippen molar-refractivity contribution in [3.63, 3.8) is 0 Å². The molecule has 0 aliphatic rings. The summed E-state index contributed by atoms with van der Waals surface area (Å²) in [4.78, 5) is 4.51. The van der Waals surface area contributed by atoms with Gasteiger partial charge in [-0.1, -0.05) is 19.9 Å². The van der Waals surface area contributed by atoms with E-state index in [0.717, 1.165) is 31.5 Å². The van der Waals surface area contributed by atoms with Crippen LogP contribution in [0.4, 0.5) is 0 Å². The van der Waals surface area contributed by atoms with E-state index >= 15 is 0 Å². The number of rotatable bonds is 8. The van der Waals surface area contributed by atoms with Gasteiger partial charge in [0.2, 0.25) is 0 Å². The summed E-state index contributed by atoms with van der Waals surface area (Å²) in [6.07, 6.45) is 4.95. The predicted molar refractivity (Wildman–Crippen MR) is 75.5 cm³/mol. The molecule has 2 N–H and O–H groups in total. The Morgan fingerprint density at radius 1 is 1.28 bits per heavy atom. The Morgan fingerprint density at radius 2 is 2.06 bits per heavy atom. The molecule has 102 valence electrons. The molecule has 0 spiro atoms. The van der Waals surface area contributed by atoms with E-state index in [2.05, 4.69) is 37.1 Å². The van der Waals surface area contributed by atoms with Gasteiger partial charge in [0.25, 0.3) is 0 Å². The minimum atomic E-state index is 0.299. The van der Waals surface area contributed by atoms with Crippen molar-refractivity contribution in [1.82, 2.24) is 10.3 Å². The van der Waals surface area contributed by atoms with Gasteiger partial charge in [-0.15, -0.1) is 0 Å². The molecule has 1 heterocycles. The number of unbranched alkanes of at least 4 members (excludes halogenated alkanes) is 2. The largest absolute Gasteiger partial charge is 0.396 e. The number of hydrogen-bond acceptors (Lipinski definition) is 3. The molecule has 0 bridgehead atoms. The molecule has 18 heavy (non-hydrogen) atoms. The number of hydrogen-bond donors (Lipinski definition) is 2. The smallest absolute Gasteiger partial charge is 0.0604 e. The quantitative estimate of drug-likeness (QED) is 0.697. The van der Waals surface area contributed by atoms with Gasteiger partial charge in [0.05, 0.1) is 11.7 Å². The highest BCUT2D eigenvalue weighted by Crippen LogP contribution is 2.22. The van der Waals surface area contributed by atoms with Crippen molar-refractivity contribution in [2.45, 2.75) is 46.1 Å². The number of aryl methyl sites for hydroxylation is 1. The number of aliphatic hydroxyl groups excluding tert-OH is 1. The fraction of sp³-hybridized carbons (Fsp3) is 0.667. The molecule has 0 aliphatic carbocycles. The minimum Gasteiger partial charge on any atom is -0.396 e. The molecule has 0 saturated carbocycles. The topological polar surface area (TPSA) is 45.2 Å². The highest BCUT2D eigenvalue weighted by molar-refractivity contribution is 5.21. The van der Waals surface area contributed by atoms with Gasteiger partial charge < -0.3 is 10.4 Å². The van der Waals surface area contributed by atoms with Crippen molar-refractivity contribution >= 4 is 0 Å². The maximum atomic E-state index is 8.75. The summed E-state index contributed by atoms with van der Waals surface area (Å²) in [6.45, 7) is 7.84. The van der Waals surface area contributed by atoms with Gasteiger partial charge in [0, 0.05) is 12.8 Å². The summed E-state index contributed by atoms with van der Waals surface area (Å²) in [5.74, 6) is 0.524. The normalized spacial score (nSPS) is 12.9. The lowest BCUT2D eigenvalue weighted by Gasteiger charge is -2.23. The maximum Gasteiger partial charge on any atom is 0.0604 e. The van der Waals surface area contributed by atoms with Crippen molar-refractivity contribution < 1.29 is 5.11 Å². The van der Waals surface area contributed by atoms with E-state index in [-0.39, 0.29) is 0 Å². The Kier molecular flexibility index (Phi) is 6.91. The van der Waals surface area contributed by atoms with Crippen LogP contribution < -0.4 is 5.32 Å². The van der Waals surface area contributed by atoms with Crippen LogP contribution in [0.5, 0.6) is 0 Å². The van der Waals surface area contributed by atoms with Crippen LogP contribution in [0.3, 0.4) is 0 Å². The second kappa shape index (κ2) is 8.22. The summed E-state index contributed by atoms with van der Waals surface area (Å²) in [6, 6.07) is 4.42. The van der Waals surface area contributed by atoms with Crippen LogP contribution in [0, 0.1) is 12.8 Å². The lowest BCUT2D eigenvalue weighted by atomic mass is 9.97. The SMILES string of the molecule is Cc1cccnc1C(NCCCCCO)C(C)C. The summed E-state index contributed by atoms with van der Waals surface area (Å²) in [5, 5.41) is 12.3. The average Bonchev–Trinajstić information content (AvgIpc) is 2.35. The molecule has 0 radical (unpaired) electrons. The van der Waals surface area contributed by atoms with Crippen molar-refractivity contribution in [1.29, 1.82) is 0 Å². The lowest BCUT2D eigenvalue weighted by Crippen LogP contribution is -2.28. The molecule has 0 aliphatic heterocycles. The van der Waals surface area contributed by atoms with Gasteiger partial charge in [0.1, 0.15) is 0 Å². The van der Waals surface area contributed by atoms with Crippen LogP contribution in [0.15, 0.2) is 18.3 Å². The first-order chi connectivity index (χ1) is 8.66. The maximum absolute atomic E-state index is 8.75. The molecule has 0 aromatic carbocycles. The second-order valence-electron chi connectivity index (χ2n) is 5.17. The van der Waals surface area contributed by atoms with Gasteiger partial charge in [-0.3, -0.25) is 4.98 Å². The van der Waals surface area contributed by atoms with Gasteiger partial charge in [-0.2, -0.15) is 0 Å². The number of aromatic nitrogens is 1. The summed E-state index contributed by atoms with van der Waals surface area (Å²) in [7, 11) is 0. The van der Waals surface area contributed by atoms with E-state index in [1.165, 1.54) is 5.56 Å². The number of nitrogens with one attached hydrogen (secondary N) is 1. The van der Waals surface area contributed by atoms with Crippen LogP contribution in [-0.2, 0) is 0 Å². The molecule has 1 rings (SSSR count). The molecule has 1 aromatic rings. The van der Waals surface area contributed by atoms with E-state index in [9.17, 15) is 0 Å². The first-order valence-electron chi connectivity index (χ1n) is 6.92. The zero-order valence-corrected chi connectivity index (χ0v) is 11.8. The second-order valence-corrected chi connectivity index (χ2v) is 5.17. The fourth-order valence-corrected chi connectivity index (χ4v) is 2.14. The van der Waals surface area contributed by atoms with Gasteiger partial charge in [-0.05, 0) is 50.3 Å². The first-order valence-corrected chi connectivity index (χ1v) is 6.92. The average molecular weight is 250 g/mol. The van der Waals surface area contributed by atoms with E-state index in [0.29, 0.717) is 18.6 Å². The van der Waals surface area contributed by atoms with E-state index in [1.54, 1.807) is 0 Å². The van der Waals surface area contributed by atoms with Crippen LogP contribution in [0.1, 0.15) is 50.4 Å². The van der Waals surface area contributed by atoms with Crippen LogP contribution >= 0.6 is 0 Å². The summed E-state index contributed by atoms with van der Waals surface area (Å²) < 4.78 is 0. The first kappa shape index (κ1) is 15.1. The van der Waals surface area contributed by atoms with Gasteiger partial charge in [0.15, 0.2) is 0 Å². The Hall–Kier alpha value is -0.930. The molecule has 3 nitrogen and oxygen atoms in total. The zero-order valence-electron chi connectivity index (χ0n) is 11.8. The van der Waals surface area contributed by atoms with Crippen LogP contribution in [0.2, 0.25) is 0 Å². The summed E-state index contributed by atoms with van der Waals surface area (Å²) >= 11 is 0. The van der Waals surface area contributed by atoms with E-state index < -0.39 is 0 Å². The predicted octanol–water partition coefficient (Wildman–Crippen LogP) is 2.84. The molecular weight excluding hydrogens is 224 g/mol. The summed E-state index contributed by atoms with van der Waals surface area (Å²) in [5.41, 5.74) is 2.41. The highest BCUT2D eigenvalue weighted by Gasteiger charge is 2.17. The van der Waals surface area contributed by atoms with Crippen LogP contribution in [0.25, 0.3) is 0 Å². The van der Waals surface area contributed by atoms with Crippen molar-refractivity contribution in [2.24, 2.45) is 5.92 Å². The molecule has 0 amide bonds. The Balaban J connectivity index is 2.53.